The number of benzene rings is 1. The topological polar surface area (TPSA) is 141 Å². The van der Waals surface area contributed by atoms with Gasteiger partial charge in [-0.1, -0.05) is 50.5 Å². The quantitative estimate of drug-likeness (QED) is 0.288. The number of hydrogen-bond acceptors (Lipinski definition) is 10. The highest BCUT2D eigenvalue weighted by atomic mass is 79.9. The zero-order valence-corrected chi connectivity index (χ0v) is 29.6. The number of rotatable bonds is 7. The van der Waals surface area contributed by atoms with Crippen LogP contribution in [0, 0.1) is 23.2 Å². The number of aromatic hydroxyl groups is 1. The van der Waals surface area contributed by atoms with E-state index in [0.717, 1.165) is 10.0 Å². The molecule has 1 aromatic carbocycles. The highest BCUT2D eigenvalue weighted by Gasteiger charge is 2.64. The van der Waals surface area contributed by atoms with Crippen molar-refractivity contribution < 1.29 is 48.6 Å². The van der Waals surface area contributed by atoms with Crippen molar-refractivity contribution in [2.45, 2.75) is 122 Å². The molecular weight excluding hydrogens is 704 g/mol. The van der Waals surface area contributed by atoms with Crippen LogP contribution in [0.25, 0.3) is 0 Å². The molecule has 3 N–H and O–H groups in total. The lowest BCUT2D eigenvalue weighted by molar-refractivity contribution is -0.452. The van der Waals surface area contributed by atoms with Crippen LogP contribution in [-0.2, 0) is 33.3 Å². The Balaban J connectivity index is 1.67. The Hall–Kier alpha value is -1.28. The Morgan fingerprint density at radius 2 is 1.73 bits per heavy atom. The van der Waals surface area contributed by atoms with Crippen LogP contribution in [0.1, 0.15) is 91.7 Å². The largest absolute Gasteiger partial charge is 0.507 e. The van der Waals surface area contributed by atoms with Gasteiger partial charge in [-0.25, -0.2) is 0 Å². The fourth-order valence-electron chi connectivity index (χ4n) is 7.03. The number of phenolic OH excluding ortho intramolecular Hbond substituents is 1. The number of hydrogen-bond donors (Lipinski definition) is 3. The average molecular weight is 751 g/mol. The van der Waals surface area contributed by atoms with Gasteiger partial charge >= 0.3 is 11.9 Å². The zero-order chi connectivity index (χ0) is 32.8. The van der Waals surface area contributed by atoms with Gasteiger partial charge in [-0.3, -0.25) is 9.59 Å². The highest BCUT2D eigenvalue weighted by Crippen LogP contribution is 2.57. The second-order valence-corrected chi connectivity index (χ2v) is 15.3. The predicted molar refractivity (Wildman–Crippen MR) is 167 cm³/mol. The van der Waals surface area contributed by atoms with Gasteiger partial charge in [0.05, 0.1) is 35.6 Å². The lowest BCUT2D eigenvalue weighted by Crippen LogP contribution is -2.68. The van der Waals surface area contributed by atoms with E-state index < -0.39 is 65.7 Å². The van der Waals surface area contributed by atoms with Crippen LogP contribution < -0.4 is 0 Å². The molecule has 10 nitrogen and oxygen atoms in total. The molecule has 3 aliphatic rings. The van der Waals surface area contributed by atoms with Gasteiger partial charge in [0.15, 0.2) is 11.6 Å². The molecule has 3 saturated heterocycles. The summed E-state index contributed by atoms with van der Waals surface area (Å²) in [4.78, 5) is 26.2. The number of cyclic esters (lactones) is 1. The van der Waals surface area contributed by atoms with E-state index in [1.807, 2.05) is 27.7 Å². The summed E-state index contributed by atoms with van der Waals surface area (Å²) in [6, 6.07) is 3.46. The molecule has 1 spiro atoms. The number of carbonyl (C=O) groups is 2. The Kier molecular flexibility index (Phi) is 10.9. The monoisotopic (exact) mass is 748 g/mol. The van der Waals surface area contributed by atoms with Crippen molar-refractivity contribution in [1.29, 1.82) is 0 Å². The van der Waals surface area contributed by atoms with Crippen LogP contribution in [-0.4, -0.2) is 70.4 Å². The number of phenols is 1. The molecule has 3 aliphatic heterocycles. The molecule has 248 valence electrons. The van der Waals surface area contributed by atoms with Crippen LogP contribution in [0.3, 0.4) is 0 Å². The highest BCUT2D eigenvalue weighted by molar-refractivity contribution is 9.11. The lowest BCUT2D eigenvalue weighted by Gasteiger charge is -2.61. The molecule has 1 aromatic rings. The van der Waals surface area contributed by atoms with Crippen molar-refractivity contribution >= 4 is 43.8 Å². The Labute approximate surface area is 276 Å². The van der Waals surface area contributed by atoms with E-state index in [9.17, 15) is 24.9 Å². The number of fused-ring (bicyclic) bond motifs is 2. The molecular formula is C32H46Br2O10. The van der Waals surface area contributed by atoms with Crippen LogP contribution in [0.2, 0.25) is 0 Å². The second-order valence-electron chi connectivity index (χ2n) is 13.6. The summed E-state index contributed by atoms with van der Waals surface area (Å²) in [5.41, 5.74) is 0.193. The molecule has 44 heavy (non-hydrogen) atoms. The molecule has 3 fully saturated rings. The van der Waals surface area contributed by atoms with Crippen LogP contribution in [0.5, 0.6) is 5.75 Å². The van der Waals surface area contributed by atoms with Gasteiger partial charge in [0.1, 0.15) is 18.0 Å². The predicted octanol–water partition coefficient (Wildman–Crippen LogP) is 5.91. The third kappa shape index (κ3) is 7.16. The van der Waals surface area contributed by atoms with E-state index >= 15 is 0 Å². The Bertz CT molecular complexity index is 1220. The molecule has 0 amide bonds. The molecule has 0 aliphatic carbocycles. The summed E-state index contributed by atoms with van der Waals surface area (Å²) in [6.07, 6.45) is -2.51. The summed E-state index contributed by atoms with van der Waals surface area (Å²) in [6.45, 7) is 11.3. The van der Waals surface area contributed by atoms with Gasteiger partial charge < -0.3 is 39.0 Å². The van der Waals surface area contributed by atoms with Crippen molar-refractivity contribution in [3.05, 3.63) is 26.6 Å². The van der Waals surface area contributed by atoms with Gasteiger partial charge in [-0.15, -0.1) is 0 Å². The maximum absolute atomic E-state index is 13.2. The SMILES string of the molecule is CO[C@@H](CC[C@H](C)C1O[C@@]23C[C@H](OC(=O)C[C@H]([C@@H](C)O)OC(=O)C[C@](O)(O2)[C@H](C)CC3(C)C)[C@@H]1C)c1cc(O)c(Br)cc1Br. The minimum Gasteiger partial charge on any atom is -0.507 e. The summed E-state index contributed by atoms with van der Waals surface area (Å²) in [7, 11) is 1.63. The van der Waals surface area contributed by atoms with Crippen molar-refractivity contribution in [1.82, 2.24) is 0 Å². The summed E-state index contributed by atoms with van der Waals surface area (Å²) in [5, 5.41) is 32.4. The van der Waals surface area contributed by atoms with Crippen molar-refractivity contribution in [3.8, 4) is 5.75 Å². The van der Waals surface area contributed by atoms with E-state index in [1.165, 1.54) is 6.92 Å². The molecule has 1 unspecified atom stereocenters. The number of ether oxygens (including phenoxy) is 5. The first-order valence-corrected chi connectivity index (χ1v) is 16.9. The van der Waals surface area contributed by atoms with Crippen molar-refractivity contribution in [3.63, 3.8) is 0 Å². The minimum absolute atomic E-state index is 0.0706. The number of esters is 2. The smallest absolute Gasteiger partial charge is 0.311 e. The fourth-order valence-corrected chi connectivity index (χ4v) is 8.28. The van der Waals surface area contributed by atoms with Crippen LogP contribution in [0.4, 0.5) is 0 Å². The summed E-state index contributed by atoms with van der Waals surface area (Å²) < 4.78 is 32.2. The third-order valence-corrected chi connectivity index (χ3v) is 11.2. The number of methoxy groups -OCH3 is 1. The third-order valence-electron chi connectivity index (χ3n) is 9.87. The Morgan fingerprint density at radius 1 is 1.05 bits per heavy atom. The molecule has 3 heterocycles. The van der Waals surface area contributed by atoms with E-state index in [0.29, 0.717) is 23.7 Å². The summed E-state index contributed by atoms with van der Waals surface area (Å²) in [5.74, 6) is -5.28. The van der Waals surface area contributed by atoms with Crippen molar-refractivity contribution in [2.75, 3.05) is 7.11 Å². The number of aliphatic hydroxyl groups is 2. The van der Waals surface area contributed by atoms with Gasteiger partial charge in [-0.2, -0.15) is 0 Å². The van der Waals surface area contributed by atoms with Gasteiger partial charge in [0, 0.05) is 35.3 Å². The van der Waals surface area contributed by atoms with E-state index in [1.54, 1.807) is 19.2 Å². The first-order valence-electron chi connectivity index (χ1n) is 15.3. The Morgan fingerprint density at radius 3 is 2.36 bits per heavy atom. The van der Waals surface area contributed by atoms with Gasteiger partial charge in [0.25, 0.3) is 0 Å². The first-order chi connectivity index (χ1) is 20.4. The second kappa shape index (κ2) is 13.4. The minimum atomic E-state index is -1.89. The zero-order valence-electron chi connectivity index (χ0n) is 26.5. The van der Waals surface area contributed by atoms with Crippen LogP contribution >= 0.6 is 31.9 Å². The lowest BCUT2D eigenvalue weighted by atomic mass is 9.66. The van der Waals surface area contributed by atoms with E-state index in [2.05, 4.69) is 38.8 Å². The maximum atomic E-state index is 13.2. The number of halogens is 2. The number of aliphatic hydroxyl groups excluding tert-OH is 1. The molecule has 0 saturated carbocycles. The van der Waals surface area contributed by atoms with E-state index in [4.69, 9.17) is 23.7 Å². The molecule has 10 atom stereocenters. The fraction of sp³-hybridized carbons (Fsp3) is 0.750. The first kappa shape index (κ1) is 35.6. The average Bonchev–Trinajstić information content (AvgIpc) is 2.91. The number of carbonyl (C=O) groups excluding carboxylic acids is 2. The standard InChI is InChI=1S/C32H46Br2O10/c1-16(8-9-24(40-7)20-10-23(36)22(34)11-21(20)33)29-18(3)26-14-32(43-29)30(5,6)13-17(2)31(39,44-32)15-28(38)41-25(19(4)35)12-27(37)42-26/h10-11,16-19,24-26,29,35-36,39H,8-9,12-15H2,1-7H3/t16-,17+,18-,19+,24-,25+,26-,29?,31-,32-/m0/s1. The normalized spacial score (nSPS) is 36.2. The molecule has 0 aromatic heterocycles. The maximum Gasteiger partial charge on any atom is 0.311 e. The van der Waals surface area contributed by atoms with Crippen LogP contribution in [0.15, 0.2) is 21.1 Å². The molecule has 3 bridgehead atoms. The van der Waals surface area contributed by atoms with Gasteiger partial charge in [-0.05, 0) is 65.7 Å². The molecule has 4 rings (SSSR count). The van der Waals surface area contributed by atoms with E-state index in [-0.39, 0.29) is 36.5 Å². The summed E-state index contributed by atoms with van der Waals surface area (Å²) >= 11 is 6.92. The van der Waals surface area contributed by atoms with Gasteiger partial charge in [0.2, 0.25) is 0 Å². The van der Waals surface area contributed by atoms with Crippen molar-refractivity contribution in [2.24, 2.45) is 23.2 Å². The molecule has 12 heteroatoms. The molecule has 0 radical (unpaired) electrons.